The number of carbonyl (C=O) groups is 2. The van der Waals surface area contributed by atoms with Crippen LogP contribution in [-0.2, 0) is 12.4 Å². The molecule has 3 rings (SSSR count). The fourth-order valence-corrected chi connectivity index (χ4v) is 3.99. The van der Waals surface area contributed by atoms with Crippen molar-refractivity contribution in [2.24, 2.45) is 0 Å². The Bertz CT molecular complexity index is 1070. The third-order valence-electron chi connectivity index (χ3n) is 5.90. The summed E-state index contributed by atoms with van der Waals surface area (Å²) in [5, 5.41) is 9.40. The molecule has 0 aliphatic carbocycles. The molecule has 6 nitrogen and oxygen atoms in total. The first-order valence-electron chi connectivity index (χ1n) is 10.1. The Labute approximate surface area is 195 Å². The van der Waals surface area contributed by atoms with Gasteiger partial charge in [-0.3, -0.25) is 4.90 Å². The molecule has 2 aromatic carbocycles. The van der Waals surface area contributed by atoms with E-state index in [9.17, 15) is 45.4 Å². The first kappa shape index (κ1) is 26.1. The van der Waals surface area contributed by atoms with Crippen LogP contribution in [0.1, 0.15) is 22.6 Å². The molecule has 1 fully saturated rings. The number of hydrogen-bond donors (Lipinski definition) is 1. The van der Waals surface area contributed by atoms with E-state index in [1.807, 2.05) is 0 Å². The number of rotatable bonds is 3. The summed E-state index contributed by atoms with van der Waals surface area (Å²) in [7, 11) is 2.29. The number of likely N-dealkylation sites (N-methyl/N-ethyl adjacent to an activating group) is 1. The van der Waals surface area contributed by atoms with E-state index >= 15 is 0 Å². The smallest absolute Gasteiger partial charge is 0.416 e. The van der Waals surface area contributed by atoms with Gasteiger partial charge >= 0.3 is 24.5 Å². The molecule has 1 aliphatic rings. The molecule has 2 aromatic rings. The summed E-state index contributed by atoms with van der Waals surface area (Å²) >= 11 is 0. The van der Waals surface area contributed by atoms with Gasteiger partial charge in [0.15, 0.2) is 0 Å². The van der Waals surface area contributed by atoms with Crippen molar-refractivity contribution < 1.29 is 45.4 Å². The average Bonchev–Trinajstić information content (AvgIpc) is 3.22. The maximum atomic E-state index is 13.4. The van der Waals surface area contributed by atoms with Crippen LogP contribution in [-0.4, -0.2) is 60.3 Å². The lowest BCUT2D eigenvalue weighted by atomic mass is 9.93. The molecule has 1 saturated heterocycles. The zero-order valence-corrected chi connectivity index (χ0v) is 18.4. The molecule has 1 N–H and O–H groups in total. The number of carbonyl (C=O) groups excluding carboxylic acids is 1. The number of benzene rings is 2. The van der Waals surface area contributed by atoms with Crippen LogP contribution in [0.25, 0.3) is 0 Å². The number of urea groups is 1. The Morgan fingerprint density at radius 2 is 1.43 bits per heavy atom. The molecule has 3 amide bonds. The molecular formula is C22H20F7N3O3. The van der Waals surface area contributed by atoms with Gasteiger partial charge in [-0.05, 0) is 35.9 Å². The summed E-state index contributed by atoms with van der Waals surface area (Å²) in [5.41, 5.74) is -3.28. The number of alkyl halides is 6. The summed E-state index contributed by atoms with van der Waals surface area (Å²) in [4.78, 5) is 27.4. The molecule has 2 unspecified atom stereocenters. The molecule has 0 spiro atoms. The van der Waals surface area contributed by atoms with Gasteiger partial charge in [-0.15, -0.1) is 0 Å². The minimum atomic E-state index is -5.09. The lowest BCUT2D eigenvalue weighted by Gasteiger charge is -2.33. The Balaban J connectivity index is 1.95. The number of likely N-dealkylation sites (tertiary alicyclic amines) is 1. The highest BCUT2D eigenvalue weighted by molar-refractivity contribution is 5.92. The van der Waals surface area contributed by atoms with Crippen molar-refractivity contribution in [3.8, 4) is 0 Å². The van der Waals surface area contributed by atoms with Gasteiger partial charge in [-0.25, -0.2) is 14.0 Å². The van der Waals surface area contributed by atoms with E-state index in [1.54, 1.807) is 0 Å². The van der Waals surface area contributed by atoms with Crippen molar-refractivity contribution >= 4 is 17.8 Å². The Morgan fingerprint density at radius 3 is 1.89 bits per heavy atom. The van der Waals surface area contributed by atoms with Gasteiger partial charge in [-0.2, -0.15) is 26.3 Å². The Morgan fingerprint density at radius 1 is 0.914 bits per heavy atom. The molecule has 190 valence electrons. The summed E-state index contributed by atoms with van der Waals surface area (Å²) < 4.78 is 92.7. The summed E-state index contributed by atoms with van der Waals surface area (Å²) in [6.07, 6.45) is -11.5. The predicted molar refractivity (Wildman–Crippen MR) is 111 cm³/mol. The van der Waals surface area contributed by atoms with E-state index in [0.717, 1.165) is 29.0 Å². The van der Waals surface area contributed by atoms with Crippen molar-refractivity contribution in [1.29, 1.82) is 0 Å². The van der Waals surface area contributed by atoms with Crippen LogP contribution >= 0.6 is 0 Å². The molecule has 0 aromatic heterocycles. The van der Waals surface area contributed by atoms with E-state index in [2.05, 4.69) is 0 Å². The van der Waals surface area contributed by atoms with Crippen LogP contribution in [0.5, 0.6) is 0 Å². The highest BCUT2D eigenvalue weighted by Gasteiger charge is 2.42. The lowest BCUT2D eigenvalue weighted by Crippen LogP contribution is -2.47. The SMILES string of the molecule is CN(C(=O)N(C)C1CN(C(=O)O)CC1c1ccc(F)cc1)c1cc(C(F)(F)F)cc(C(F)(F)F)c1. The molecule has 1 heterocycles. The minimum Gasteiger partial charge on any atom is -0.465 e. The second-order valence-electron chi connectivity index (χ2n) is 8.13. The second-order valence-corrected chi connectivity index (χ2v) is 8.13. The zero-order chi connectivity index (χ0) is 26.3. The first-order valence-corrected chi connectivity index (χ1v) is 10.1. The number of anilines is 1. The number of carboxylic acid groups (broad SMARTS) is 1. The lowest BCUT2D eigenvalue weighted by molar-refractivity contribution is -0.143. The van der Waals surface area contributed by atoms with Crippen molar-refractivity contribution in [1.82, 2.24) is 9.80 Å². The van der Waals surface area contributed by atoms with E-state index in [4.69, 9.17) is 0 Å². The molecule has 0 radical (unpaired) electrons. The normalized spacial score (nSPS) is 18.5. The highest BCUT2D eigenvalue weighted by atomic mass is 19.4. The number of hydrogen-bond acceptors (Lipinski definition) is 2. The maximum Gasteiger partial charge on any atom is 0.416 e. The molecule has 35 heavy (non-hydrogen) atoms. The van der Waals surface area contributed by atoms with Gasteiger partial charge in [0.1, 0.15) is 5.82 Å². The molecule has 1 aliphatic heterocycles. The van der Waals surface area contributed by atoms with Crippen LogP contribution in [0.15, 0.2) is 42.5 Å². The first-order chi connectivity index (χ1) is 16.1. The fraction of sp³-hybridized carbons (Fsp3) is 0.364. The average molecular weight is 507 g/mol. The number of halogens is 7. The van der Waals surface area contributed by atoms with Crippen LogP contribution < -0.4 is 4.90 Å². The summed E-state index contributed by atoms with van der Waals surface area (Å²) in [6, 6.07) is 4.19. The summed E-state index contributed by atoms with van der Waals surface area (Å²) in [6.45, 7) is -0.210. The molecular weight excluding hydrogens is 487 g/mol. The molecule has 0 bridgehead atoms. The number of amides is 3. The monoisotopic (exact) mass is 507 g/mol. The van der Waals surface area contributed by atoms with Gasteiger partial charge in [0.2, 0.25) is 0 Å². The molecule has 0 saturated carbocycles. The molecule has 2 atom stereocenters. The minimum absolute atomic E-state index is 0.0438. The van der Waals surface area contributed by atoms with Crippen molar-refractivity contribution in [2.45, 2.75) is 24.3 Å². The Hall–Kier alpha value is -3.51. The zero-order valence-electron chi connectivity index (χ0n) is 18.4. The van der Waals surface area contributed by atoms with Gasteiger partial charge in [-0.1, -0.05) is 12.1 Å². The van der Waals surface area contributed by atoms with Crippen molar-refractivity contribution in [3.63, 3.8) is 0 Å². The largest absolute Gasteiger partial charge is 0.465 e. The van der Waals surface area contributed by atoms with Gasteiger partial charge < -0.3 is 14.9 Å². The van der Waals surface area contributed by atoms with E-state index in [1.165, 1.54) is 19.2 Å². The van der Waals surface area contributed by atoms with Crippen molar-refractivity contribution in [2.75, 3.05) is 32.1 Å². The van der Waals surface area contributed by atoms with Crippen molar-refractivity contribution in [3.05, 3.63) is 65.0 Å². The Kier molecular flexibility index (Phi) is 6.91. The third-order valence-corrected chi connectivity index (χ3v) is 5.90. The third kappa shape index (κ3) is 5.60. The van der Waals surface area contributed by atoms with Crippen LogP contribution in [0.3, 0.4) is 0 Å². The van der Waals surface area contributed by atoms with Gasteiger partial charge in [0.05, 0.1) is 17.2 Å². The van der Waals surface area contributed by atoms with Crippen LogP contribution in [0.2, 0.25) is 0 Å². The topological polar surface area (TPSA) is 64.1 Å². The standard InChI is InChI=1S/C22H20F7N3O3/c1-30(16-8-13(21(24,25)26)7-14(9-16)22(27,28)29)19(33)31(2)18-11-32(20(34)35)10-17(18)12-3-5-15(23)6-4-12/h3-9,17-18H,10-11H2,1-2H3,(H,34,35). The van der Waals surface area contributed by atoms with Gasteiger partial charge in [0, 0.05) is 38.8 Å². The second kappa shape index (κ2) is 9.27. The maximum absolute atomic E-state index is 13.4. The van der Waals surface area contributed by atoms with E-state index in [0.29, 0.717) is 22.6 Å². The predicted octanol–water partition coefficient (Wildman–Crippen LogP) is 5.50. The fourth-order valence-electron chi connectivity index (χ4n) is 3.99. The molecule has 13 heteroatoms. The van der Waals surface area contributed by atoms with Crippen LogP contribution in [0.4, 0.5) is 46.0 Å². The van der Waals surface area contributed by atoms with Gasteiger partial charge in [0.25, 0.3) is 0 Å². The quantitative estimate of drug-likeness (QED) is 0.559. The van der Waals surface area contributed by atoms with E-state index in [-0.39, 0.29) is 19.2 Å². The summed E-state index contributed by atoms with van der Waals surface area (Å²) in [5.74, 6) is -1.14. The van der Waals surface area contributed by atoms with E-state index < -0.39 is 59.1 Å². The number of nitrogens with zero attached hydrogens (tertiary/aromatic N) is 3. The van der Waals surface area contributed by atoms with Crippen LogP contribution in [0, 0.1) is 5.82 Å². The highest BCUT2D eigenvalue weighted by Crippen LogP contribution is 2.39.